The lowest BCUT2D eigenvalue weighted by atomic mass is 10.1. The van der Waals surface area contributed by atoms with E-state index in [-0.39, 0.29) is 24.8 Å². The Bertz CT molecular complexity index is 1240. The standard InChI is InChI=1S/C28H36F2N4O8/c1-2-3-17-40-27(39)33-21-15-16-34(26(38)32-21)25-28(29,30)24(37)20(42-25)18-41-23(36)14-10-5-4-9-13-22(35)31-19-11-7-6-8-12-19/h6-8,11-12,15-16,20,24-25,37H,2-5,9-10,13-14,17-18H2,1H3,(H,31,35)(H,32,33,38,39)/t20-,24-,25-/m1/s1. The van der Waals surface area contributed by atoms with Gasteiger partial charge in [0.2, 0.25) is 12.1 Å². The second kappa shape index (κ2) is 15.9. The Balaban J connectivity index is 1.39. The smallest absolute Gasteiger partial charge is 0.412 e. The van der Waals surface area contributed by atoms with Crippen LogP contribution >= 0.6 is 0 Å². The van der Waals surface area contributed by atoms with Crippen molar-refractivity contribution < 1.29 is 42.5 Å². The summed E-state index contributed by atoms with van der Waals surface area (Å²) in [7, 11) is 0. The highest BCUT2D eigenvalue weighted by atomic mass is 19.3. The van der Waals surface area contributed by atoms with Crippen LogP contribution < -0.4 is 16.3 Å². The molecule has 1 aliphatic heterocycles. The lowest BCUT2D eigenvalue weighted by Crippen LogP contribution is -2.42. The monoisotopic (exact) mass is 594 g/mol. The number of nitrogens with one attached hydrogen (secondary N) is 2. The number of hydrogen-bond acceptors (Lipinski definition) is 9. The second-order valence-electron chi connectivity index (χ2n) is 9.77. The molecule has 14 heteroatoms. The van der Waals surface area contributed by atoms with Crippen LogP contribution in [-0.4, -0.2) is 64.0 Å². The highest BCUT2D eigenvalue weighted by Gasteiger charge is 2.60. The van der Waals surface area contributed by atoms with Gasteiger partial charge in [-0.05, 0) is 37.5 Å². The molecule has 3 atom stereocenters. The summed E-state index contributed by atoms with van der Waals surface area (Å²) in [6.45, 7) is 1.44. The molecule has 0 saturated carbocycles. The predicted octanol–water partition coefficient (Wildman–Crippen LogP) is 4.01. The molecule has 3 N–H and O–H groups in total. The number of aliphatic hydroxyl groups is 1. The van der Waals surface area contributed by atoms with Gasteiger partial charge in [-0.2, -0.15) is 13.8 Å². The Hall–Kier alpha value is -3.91. The number of nitrogens with zero attached hydrogens (tertiary/aromatic N) is 2. The molecule has 1 aromatic heterocycles. The normalized spacial score (nSPS) is 19.2. The fraction of sp³-hybridized carbons (Fsp3) is 0.536. The largest absolute Gasteiger partial charge is 0.463 e. The Morgan fingerprint density at radius 3 is 2.43 bits per heavy atom. The number of amides is 2. The number of hydrogen-bond donors (Lipinski definition) is 3. The van der Waals surface area contributed by atoms with Crippen molar-refractivity contribution in [1.29, 1.82) is 0 Å². The molecule has 0 unspecified atom stereocenters. The first kappa shape index (κ1) is 32.6. The molecular weight excluding hydrogens is 558 g/mol. The van der Waals surface area contributed by atoms with Crippen LogP contribution in [0.4, 0.5) is 25.1 Å². The van der Waals surface area contributed by atoms with E-state index in [0.29, 0.717) is 43.1 Å². The average molecular weight is 595 g/mol. The molecule has 230 valence electrons. The van der Waals surface area contributed by atoms with Crippen molar-refractivity contribution in [2.45, 2.75) is 82.6 Å². The number of aromatic nitrogens is 2. The van der Waals surface area contributed by atoms with Crippen molar-refractivity contribution >= 4 is 29.5 Å². The number of rotatable bonds is 15. The van der Waals surface area contributed by atoms with Gasteiger partial charge >= 0.3 is 23.7 Å². The van der Waals surface area contributed by atoms with Gasteiger partial charge in [0.05, 0.1) is 6.61 Å². The van der Waals surface area contributed by atoms with Gasteiger partial charge < -0.3 is 24.6 Å². The summed E-state index contributed by atoms with van der Waals surface area (Å²) in [5.74, 6) is -4.86. The SMILES string of the molecule is CCCCOC(=O)Nc1ccn([C@@H]2O[C@H](COC(=O)CCCCCCC(=O)Nc3ccccc3)[C@@H](O)C2(F)F)c(=O)n1. The molecule has 1 saturated heterocycles. The number of para-hydroxylation sites is 1. The fourth-order valence-corrected chi connectivity index (χ4v) is 4.12. The molecule has 2 aromatic rings. The topological polar surface area (TPSA) is 158 Å². The first-order chi connectivity index (χ1) is 20.1. The molecule has 0 aliphatic carbocycles. The summed E-state index contributed by atoms with van der Waals surface area (Å²) in [6, 6.07) is 10.2. The second-order valence-corrected chi connectivity index (χ2v) is 9.77. The quantitative estimate of drug-likeness (QED) is 0.205. The van der Waals surface area contributed by atoms with Crippen LogP contribution in [0, 0.1) is 0 Å². The minimum atomic E-state index is -3.90. The number of carbonyl (C=O) groups excluding carboxylic acids is 3. The van der Waals surface area contributed by atoms with Gasteiger partial charge in [0, 0.05) is 24.7 Å². The van der Waals surface area contributed by atoms with Crippen LogP contribution in [0.1, 0.15) is 64.5 Å². The van der Waals surface area contributed by atoms with E-state index >= 15 is 0 Å². The zero-order valence-corrected chi connectivity index (χ0v) is 23.3. The van der Waals surface area contributed by atoms with E-state index < -0.39 is 48.7 Å². The zero-order chi connectivity index (χ0) is 30.5. The van der Waals surface area contributed by atoms with E-state index in [9.17, 15) is 33.1 Å². The third-order valence-corrected chi connectivity index (χ3v) is 6.42. The number of carbonyl (C=O) groups is 3. The van der Waals surface area contributed by atoms with Crippen LogP contribution in [-0.2, 0) is 23.8 Å². The summed E-state index contributed by atoms with van der Waals surface area (Å²) >= 11 is 0. The van der Waals surface area contributed by atoms with Crippen molar-refractivity contribution in [2.24, 2.45) is 0 Å². The number of benzene rings is 1. The Labute approximate surface area is 241 Å². The highest BCUT2D eigenvalue weighted by Crippen LogP contribution is 2.42. The average Bonchev–Trinajstić information content (AvgIpc) is 3.18. The van der Waals surface area contributed by atoms with E-state index in [2.05, 4.69) is 15.6 Å². The summed E-state index contributed by atoms with van der Waals surface area (Å²) in [5.41, 5.74) is -0.435. The van der Waals surface area contributed by atoms with Gasteiger partial charge in [-0.1, -0.05) is 44.4 Å². The van der Waals surface area contributed by atoms with E-state index in [0.717, 1.165) is 24.4 Å². The number of esters is 1. The van der Waals surface area contributed by atoms with Crippen LogP contribution in [0.3, 0.4) is 0 Å². The molecule has 0 bridgehead atoms. The molecule has 3 rings (SSSR count). The molecule has 0 spiro atoms. The van der Waals surface area contributed by atoms with Gasteiger partial charge in [-0.15, -0.1) is 0 Å². The maximum absolute atomic E-state index is 14.8. The maximum Gasteiger partial charge on any atom is 0.412 e. The fourth-order valence-electron chi connectivity index (χ4n) is 4.12. The number of unbranched alkanes of at least 4 members (excludes halogenated alkanes) is 4. The summed E-state index contributed by atoms with van der Waals surface area (Å²) < 4.78 is 45.2. The zero-order valence-electron chi connectivity index (χ0n) is 23.3. The lowest BCUT2D eigenvalue weighted by Gasteiger charge is -2.21. The third-order valence-electron chi connectivity index (χ3n) is 6.42. The minimum absolute atomic E-state index is 0.0254. The highest BCUT2D eigenvalue weighted by molar-refractivity contribution is 5.90. The molecule has 1 aliphatic rings. The Morgan fingerprint density at radius 2 is 1.74 bits per heavy atom. The molecular formula is C28H36F2N4O8. The van der Waals surface area contributed by atoms with E-state index in [4.69, 9.17) is 14.2 Å². The van der Waals surface area contributed by atoms with Crippen LogP contribution in [0.25, 0.3) is 0 Å². The van der Waals surface area contributed by atoms with E-state index in [1.54, 1.807) is 12.1 Å². The van der Waals surface area contributed by atoms with Gasteiger partial charge in [0.25, 0.3) is 0 Å². The van der Waals surface area contributed by atoms with Gasteiger partial charge in [0.15, 0.2) is 6.10 Å². The van der Waals surface area contributed by atoms with Crippen LogP contribution in [0.5, 0.6) is 0 Å². The molecule has 12 nitrogen and oxygen atoms in total. The van der Waals surface area contributed by atoms with Crippen molar-refractivity contribution in [3.05, 3.63) is 53.1 Å². The molecule has 0 radical (unpaired) electrons. The van der Waals surface area contributed by atoms with Crippen molar-refractivity contribution in [2.75, 3.05) is 23.8 Å². The van der Waals surface area contributed by atoms with Crippen molar-refractivity contribution in [1.82, 2.24) is 9.55 Å². The number of ether oxygens (including phenoxy) is 3. The molecule has 2 heterocycles. The molecule has 1 aromatic carbocycles. The van der Waals surface area contributed by atoms with E-state index in [1.165, 1.54) is 0 Å². The lowest BCUT2D eigenvalue weighted by molar-refractivity contribution is -0.150. The summed E-state index contributed by atoms with van der Waals surface area (Å²) in [4.78, 5) is 51.7. The Kier molecular flexibility index (Phi) is 12.4. The van der Waals surface area contributed by atoms with Crippen LogP contribution in [0.15, 0.2) is 47.4 Å². The van der Waals surface area contributed by atoms with Gasteiger partial charge in [-0.25, -0.2) is 9.59 Å². The first-order valence-electron chi connectivity index (χ1n) is 13.9. The minimum Gasteiger partial charge on any atom is -0.463 e. The van der Waals surface area contributed by atoms with Crippen molar-refractivity contribution in [3.8, 4) is 0 Å². The van der Waals surface area contributed by atoms with Gasteiger partial charge in [0.1, 0.15) is 18.5 Å². The third kappa shape index (κ3) is 9.58. The maximum atomic E-state index is 14.8. The van der Waals surface area contributed by atoms with Crippen molar-refractivity contribution in [3.63, 3.8) is 0 Å². The molecule has 1 fully saturated rings. The number of halogens is 2. The Morgan fingerprint density at radius 1 is 1.02 bits per heavy atom. The first-order valence-corrected chi connectivity index (χ1v) is 13.9. The summed E-state index contributed by atoms with van der Waals surface area (Å²) in [5, 5.41) is 15.2. The van der Waals surface area contributed by atoms with Gasteiger partial charge in [-0.3, -0.25) is 19.5 Å². The predicted molar refractivity (Wildman–Crippen MR) is 147 cm³/mol. The number of aliphatic hydroxyl groups excluding tert-OH is 1. The summed E-state index contributed by atoms with van der Waals surface area (Å²) in [6.07, 6.45) is -1.74. The molecule has 2 amide bonds. The molecule has 42 heavy (non-hydrogen) atoms. The van der Waals surface area contributed by atoms with Crippen LogP contribution in [0.2, 0.25) is 0 Å². The number of anilines is 2. The van der Waals surface area contributed by atoms with E-state index in [1.807, 2.05) is 25.1 Å². The number of alkyl halides is 2.